The molecule has 148 valence electrons. The lowest BCUT2D eigenvalue weighted by atomic mass is 9.94. The molecule has 0 radical (unpaired) electrons. The van der Waals surface area contributed by atoms with Crippen LogP contribution in [-0.2, 0) is 11.2 Å². The molecule has 1 N–H and O–H groups in total. The molecule has 1 unspecified atom stereocenters. The first kappa shape index (κ1) is 18.7. The average molecular weight is 380 g/mol. The van der Waals surface area contributed by atoms with E-state index in [2.05, 4.69) is 25.8 Å². The SMILES string of the molecule is CN1C=C(OCCN2CCCC(Cc3nc4ccccc4c(=O)[nH]3)C2)C=CC1. The Bertz CT molecular complexity index is 934. The zero-order valence-corrected chi connectivity index (χ0v) is 16.4. The Morgan fingerprint density at radius 1 is 1.32 bits per heavy atom. The molecule has 1 fully saturated rings. The number of likely N-dealkylation sites (N-methyl/N-ethyl adjacent to an activating group) is 1. The summed E-state index contributed by atoms with van der Waals surface area (Å²) in [7, 11) is 2.05. The van der Waals surface area contributed by atoms with Crippen molar-refractivity contribution in [2.75, 3.05) is 39.8 Å². The highest BCUT2D eigenvalue weighted by Crippen LogP contribution is 2.20. The predicted octanol–water partition coefficient (Wildman–Crippen LogP) is 2.54. The van der Waals surface area contributed by atoms with Crippen molar-refractivity contribution in [3.8, 4) is 0 Å². The molecule has 28 heavy (non-hydrogen) atoms. The number of benzene rings is 1. The van der Waals surface area contributed by atoms with Crippen LogP contribution in [0.15, 0.2) is 53.2 Å². The highest BCUT2D eigenvalue weighted by atomic mass is 16.5. The number of hydrogen-bond donors (Lipinski definition) is 1. The molecule has 1 atom stereocenters. The first-order chi connectivity index (χ1) is 13.7. The summed E-state index contributed by atoms with van der Waals surface area (Å²) < 4.78 is 5.90. The van der Waals surface area contributed by atoms with E-state index in [0.717, 1.165) is 49.7 Å². The van der Waals surface area contributed by atoms with Crippen LogP contribution in [0.4, 0.5) is 0 Å². The number of nitrogens with one attached hydrogen (secondary N) is 1. The first-order valence-corrected chi connectivity index (χ1v) is 10.1. The van der Waals surface area contributed by atoms with Gasteiger partial charge in [0.2, 0.25) is 0 Å². The number of H-pyrrole nitrogens is 1. The summed E-state index contributed by atoms with van der Waals surface area (Å²) in [6.07, 6.45) is 9.36. The molecule has 0 spiro atoms. The highest BCUT2D eigenvalue weighted by Gasteiger charge is 2.21. The van der Waals surface area contributed by atoms with Crippen LogP contribution >= 0.6 is 0 Å². The van der Waals surface area contributed by atoms with Gasteiger partial charge in [-0.25, -0.2) is 4.98 Å². The van der Waals surface area contributed by atoms with Gasteiger partial charge in [-0.05, 0) is 43.5 Å². The summed E-state index contributed by atoms with van der Waals surface area (Å²) in [6, 6.07) is 7.53. The molecule has 1 aromatic carbocycles. The Labute approximate surface area is 165 Å². The topological polar surface area (TPSA) is 61.5 Å². The molecule has 3 heterocycles. The van der Waals surface area contributed by atoms with Crippen LogP contribution in [-0.4, -0.2) is 59.6 Å². The van der Waals surface area contributed by atoms with Gasteiger partial charge in [0.15, 0.2) is 0 Å². The van der Waals surface area contributed by atoms with E-state index in [9.17, 15) is 4.79 Å². The van der Waals surface area contributed by atoms with Crippen molar-refractivity contribution in [2.24, 2.45) is 5.92 Å². The zero-order valence-electron chi connectivity index (χ0n) is 16.4. The van der Waals surface area contributed by atoms with Crippen molar-refractivity contribution in [3.63, 3.8) is 0 Å². The van der Waals surface area contributed by atoms with Crippen molar-refractivity contribution in [1.29, 1.82) is 0 Å². The molecule has 4 rings (SSSR count). The van der Waals surface area contributed by atoms with Crippen LogP contribution in [0.1, 0.15) is 18.7 Å². The fraction of sp³-hybridized carbons (Fsp3) is 0.455. The molecular weight excluding hydrogens is 352 g/mol. The Balaban J connectivity index is 1.31. The third-order valence-corrected chi connectivity index (χ3v) is 5.45. The van der Waals surface area contributed by atoms with E-state index in [1.54, 1.807) is 0 Å². The number of nitrogens with zero attached hydrogens (tertiary/aromatic N) is 3. The third kappa shape index (κ3) is 4.62. The molecule has 2 aromatic rings. The summed E-state index contributed by atoms with van der Waals surface area (Å²) in [5.41, 5.74) is 0.738. The van der Waals surface area contributed by atoms with Crippen LogP contribution in [0.2, 0.25) is 0 Å². The number of para-hydroxylation sites is 1. The molecule has 0 aliphatic carbocycles. The lowest BCUT2D eigenvalue weighted by Gasteiger charge is -2.32. The highest BCUT2D eigenvalue weighted by molar-refractivity contribution is 5.77. The van der Waals surface area contributed by atoms with Crippen molar-refractivity contribution in [1.82, 2.24) is 19.8 Å². The van der Waals surface area contributed by atoms with E-state index in [0.29, 0.717) is 17.9 Å². The second-order valence-corrected chi connectivity index (χ2v) is 7.76. The number of aromatic amines is 1. The Kier molecular flexibility index (Phi) is 5.76. The number of allylic oxidation sites excluding steroid dienone is 1. The van der Waals surface area contributed by atoms with Gasteiger partial charge in [-0.2, -0.15) is 0 Å². The van der Waals surface area contributed by atoms with Crippen molar-refractivity contribution in [2.45, 2.75) is 19.3 Å². The van der Waals surface area contributed by atoms with Gasteiger partial charge >= 0.3 is 0 Å². The monoisotopic (exact) mass is 380 g/mol. The summed E-state index contributed by atoms with van der Waals surface area (Å²) in [6.45, 7) is 4.69. The molecular formula is C22H28N4O2. The van der Waals surface area contributed by atoms with Gasteiger partial charge in [0.25, 0.3) is 5.56 Å². The largest absolute Gasteiger partial charge is 0.491 e. The summed E-state index contributed by atoms with van der Waals surface area (Å²) in [5.74, 6) is 2.24. The van der Waals surface area contributed by atoms with E-state index < -0.39 is 0 Å². The first-order valence-electron chi connectivity index (χ1n) is 10.1. The minimum atomic E-state index is -0.0413. The average Bonchev–Trinajstić information content (AvgIpc) is 2.68. The smallest absolute Gasteiger partial charge is 0.258 e. The van der Waals surface area contributed by atoms with Gasteiger partial charge in [-0.1, -0.05) is 18.2 Å². The summed E-state index contributed by atoms with van der Waals surface area (Å²) in [4.78, 5) is 24.5. The second kappa shape index (κ2) is 8.61. The predicted molar refractivity (Wildman–Crippen MR) is 111 cm³/mol. The molecule has 0 saturated carbocycles. The normalized spacial score (nSPS) is 20.4. The number of fused-ring (bicyclic) bond motifs is 1. The summed E-state index contributed by atoms with van der Waals surface area (Å²) >= 11 is 0. The van der Waals surface area contributed by atoms with Crippen molar-refractivity contribution in [3.05, 3.63) is 64.6 Å². The molecule has 6 heteroatoms. The Morgan fingerprint density at radius 3 is 3.11 bits per heavy atom. The maximum Gasteiger partial charge on any atom is 0.258 e. The van der Waals surface area contributed by atoms with Gasteiger partial charge in [0.1, 0.15) is 18.2 Å². The van der Waals surface area contributed by atoms with E-state index in [1.165, 1.54) is 12.8 Å². The molecule has 1 saturated heterocycles. The summed E-state index contributed by atoms with van der Waals surface area (Å²) in [5, 5.41) is 0.658. The number of aromatic nitrogens is 2. The van der Waals surface area contributed by atoms with E-state index in [-0.39, 0.29) is 5.56 Å². The van der Waals surface area contributed by atoms with Gasteiger partial charge in [0, 0.05) is 39.3 Å². The Morgan fingerprint density at radius 2 is 2.21 bits per heavy atom. The standard InChI is InChI=1S/C22H28N4O2/c1-25-10-5-7-18(16-25)28-13-12-26-11-4-6-17(15-26)14-21-23-20-9-3-2-8-19(20)22(27)24-21/h2-3,5,7-9,16-17H,4,6,10-15H2,1H3,(H,23,24,27). The van der Waals surface area contributed by atoms with Crippen molar-refractivity contribution < 1.29 is 4.74 Å². The molecule has 1 aromatic heterocycles. The number of hydrogen-bond acceptors (Lipinski definition) is 5. The van der Waals surface area contributed by atoms with Gasteiger partial charge in [0.05, 0.1) is 10.9 Å². The van der Waals surface area contributed by atoms with Crippen LogP contribution < -0.4 is 5.56 Å². The fourth-order valence-corrected chi connectivity index (χ4v) is 4.05. The van der Waals surface area contributed by atoms with E-state index in [4.69, 9.17) is 4.74 Å². The molecule has 6 nitrogen and oxygen atoms in total. The maximum atomic E-state index is 12.3. The minimum Gasteiger partial charge on any atom is -0.491 e. The van der Waals surface area contributed by atoms with Gasteiger partial charge in [-0.3, -0.25) is 9.69 Å². The van der Waals surface area contributed by atoms with E-state index in [1.807, 2.05) is 43.6 Å². The quantitative estimate of drug-likeness (QED) is 0.835. The van der Waals surface area contributed by atoms with Crippen LogP contribution in [0, 0.1) is 5.92 Å². The van der Waals surface area contributed by atoms with Crippen LogP contribution in [0.3, 0.4) is 0 Å². The van der Waals surface area contributed by atoms with Crippen LogP contribution in [0.5, 0.6) is 0 Å². The maximum absolute atomic E-state index is 12.3. The third-order valence-electron chi connectivity index (χ3n) is 5.45. The van der Waals surface area contributed by atoms with E-state index >= 15 is 0 Å². The molecule has 0 bridgehead atoms. The number of piperidine rings is 1. The second-order valence-electron chi connectivity index (χ2n) is 7.76. The fourth-order valence-electron chi connectivity index (χ4n) is 4.05. The molecule has 0 amide bonds. The zero-order chi connectivity index (χ0) is 19.3. The lowest BCUT2D eigenvalue weighted by Crippen LogP contribution is -2.38. The minimum absolute atomic E-state index is 0.0413. The number of rotatable bonds is 6. The van der Waals surface area contributed by atoms with Crippen molar-refractivity contribution >= 4 is 10.9 Å². The Hall–Kier alpha value is -2.60. The molecule has 2 aliphatic rings. The van der Waals surface area contributed by atoms with Gasteiger partial charge < -0.3 is 14.6 Å². The molecule has 2 aliphatic heterocycles. The number of likely N-dealkylation sites (tertiary alicyclic amines) is 1. The van der Waals surface area contributed by atoms with Gasteiger partial charge in [-0.15, -0.1) is 0 Å². The number of ether oxygens (including phenoxy) is 1. The van der Waals surface area contributed by atoms with Crippen LogP contribution in [0.25, 0.3) is 10.9 Å². The lowest BCUT2D eigenvalue weighted by molar-refractivity contribution is 0.121.